The Morgan fingerprint density at radius 2 is 0.635 bits per heavy atom. The lowest BCUT2D eigenvalue weighted by atomic mass is 9.99. The number of aliphatic hydroxyl groups is 2. The van der Waals surface area contributed by atoms with Crippen LogP contribution in [0, 0.1) is 0 Å². The van der Waals surface area contributed by atoms with E-state index < -0.39 is 48.3 Å². The summed E-state index contributed by atoms with van der Waals surface area (Å²) < 4.78 is 45.7. The lowest BCUT2D eigenvalue weighted by Crippen LogP contribution is -2.30. The first-order chi connectivity index (χ1) is 50.1. The highest BCUT2D eigenvalue weighted by Gasteiger charge is 2.15. The van der Waals surface area contributed by atoms with E-state index in [0.717, 1.165) is 49.8 Å². The molecule has 6 aromatic carbocycles. The van der Waals surface area contributed by atoms with Gasteiger partial charge in [-0.2, -0.15) is 0 Å². The Hall–Kier alpha value is -10.6. The Balaban J connectivity index is -0.000000171. The Morgan fingerprint density at radius 3 is 0.922 bits per heavy atom. The predicted octanol–water partition coefficient (Wildman–Crippen LogP) is 23.6. The first-order valence-electron chi connectivity index (χ1n) is 35.3. The van der Waals surface area contributed by atoms with Crippen LogP contribution in [0.3, 0.4) is 0 Å². The van der Waals surface area contributed by atoms with E-state index in [2.05, 4.69) is 113 Å². The van der Waals surface area contributed by atoms with Gasteiger partial charge in [-0.25, -0.2) is 33.6 Å². The van der Waals surface area contributed by atoms with Crippen LogP contribution in [0.1, 0.15) is 263 Å². The second kappa shape index (κ2) is 70.1. The number of rotatable bonds is 35. The minimum atomic E-state index is -0.859. The number of carbonyl (C=O) groups is 7. The van der Waals surface area contributed by atoms with Crippen LogP contribution in [0.5, 0.6) is 28.7 Å². The van der Waals surface area contributed by atoms with E-state index in [1.165, 1.54) is 27.8 Å². The molecule has 115 heavy (non-hydrogen) atoms. The number of esters is 5. The van der Waals surface area contributed by atoms with Crippen molar-refractivity contribution in [1.29, 1.82) is 0 Å². The number of carbonyl (C=O) groups excluding carboxylic acids is 7. The van der Waals surface area contributed by atoms with Crippen molar-refractivity contribution in [1.82, 2.24) is 10.6 Å². The highest BCUT2D eigenvalue weighted by molar-refractivity contribution is 5.91. The van der Waals surface area contributed by atoms with Crippen LogP contribution in [0.4, 0.5) is 9.59 Å². The largest absolute Gasteiger partial charge is 0.491 e. The average molecular weight is 1610 g/mol. The molecule has 0 bridgehead atoms. The number of aliphatic hydroxyl groups excluding tert-OH is 2. The number of nitrogens with one attached hydrogen (secondary N) is 2. The molecule has 2 amide bonds. The van der Waals surface area contributed by atoms with Crippen molar-refractivity contribution in [2.45, 2.75) is 231 Å². The summed E-state index contributed by atoms with van der Waals surface area (Å²) in [5.41, 5.74) is 8.35. The first-order valence-corrected chi connectivity index (χ1v) is 35.3. The number of hydrogen-bond acceptors (Lipinski definition) is 18. The molecule has 6 rings (SSSR count). The van der Waals surface area contributed by atoms with Gasteiger partial charge < -0.3 is 63.5 Å². The molecule has 0 saturated heterocycles. The fourth-order valence-corrected chi connectivity index (χ4v) is 8.56. The SMILES string of the molecule is C.C.C.C.C.C.C.C.C.C.C=C(C)C(=O)OCC(O)COc1ccc(C(C)CC)cc1.C=C(C)C(=O)OCCNC(=O)Oc1ccc(C(C)CC)cc1.C=CC(=O)OCC(O)COc1ccc(C(C)CC)cc1.C=CC(=O)OCCNC(=O)Oc1ccc(C(C)CC)cc1.C=Cc1ccc(C(=O)Oc2ccc(C(C)CC)cc2)cc1. The minimum Gasteiger partial charge on any atom is -0.491 e. The van der Waals surface area contributed by atoms with Gasteiger partial charge in [0, 0.05) is 23.3 Å². The summed E-state index contributed by atoms with van der Waals surface area (Å²) in [4.78, 5) is 79.0. The second-order valence-electron chi connectivity index (χ2n) is 24.7. The monoisotopic (exact) mass is 1610 g/mol. The van der Waals surface area contributed by atoms with E-state index in [-0.39, 0.29) is 133 Å². The Labute approximate surface area is 695 Å². The molecule has 20 nitrogen and oxygen atoms in total. The fraction of sp³-hybridized carbons (Fsp3) is 0.442. The van der Waals surface area contributed by atoms with E-state index in [0.29, 0.717) is 75.0 Å². The predicted molar refractivity (Wildman–Crippen MR) is 479 cm³/mol. The molecule has 4 N–H and O–H groups in total. The van der Waals surface area contributed by atoms with Gasteiger partial charge in [0.1, 0.15) is 80.6 Å². The highest BCUT2D eigenvalue weighted by Crippen LogP contribution is 2.27. The maximum Gasteiger partial charge on any atom is 0.412 e. The maximum atomic E-state index is 12.0. The summed E-state index contributed by atoms with van der Waals surface area (Å²) in [6.07, 6.45) is 6.38. The van der Waals surface area contributed by atoms with Crippen molar-refractivity contribution in [2.24, 2.45) is 0 Å². The number of benzene rings is 6. The van der Waals surface area contributed by atoms with Crippen LogP contribution >= 0.6 is 0 Å². The third kappa shape index (κ3) is 51.7. The molecule has 7 unspecified atom stereocenters. The third-order valence-corrected chi connectivity index (χ3v) is 16.3. The van der Waals surface area contributed by atoms with Crippen molar-refractivity contribution in [3.63, 3.8) is 0 Å². The fourth-order valence-electron chi connectivity index (χ4n) is 8.56. The standard InChI is InChI=1S/C19H20O2.C17H23NO4.C17H24O4.C16H21NO4.C16H22O4.10CH4/c1-4-14(3)16-10-12-18(13-11-16)21-19(20)17-8-6-15(5-2)7-9-17;1-5-13(4)14-6-8-15(9-7-14)22-17(20)18-10-11-21-16(19)12(2)3;1-5-13(4)14-6-8-16(9-7-14)20-10-15(18)11-21-17(19)12(2)3;1-4-12(3)13-6-8-14(9-7-13)21-16(19)17-10-11-20-15(18)5-2;1-4-12(3)13-6-8-15(9-7-13)19-10-14(17)11-20-16(18)5-2;;;;;;;;;;/h5-14H,2,4H2,1,3H3;6-9,13H,2,5,10-11H2,1,3-4H3,(H,18,20);6-9,13,15,18H,2,5,10-11H2,1,3-4H3;5-9,12H,2,4,10-11H2,1,3H3,(H,17,19);5-9,12,14,17H,2,4,10-11H2,1,3H3;10*1H4. The lowest BCUT2D eigenvalue weighted by molar-refractivity contribution is -0.142. The number of amides is 2. The third-order valence-electron chi connectivity index (χ3n) is 16.3. The van der Waals surface area contributed by atoms with Crippen LogP contribution in [0.2, 0.25) is 0 Å². The van der Waals surface area contributed by atoms with Crippen molar-refractivity contribution in [3.05, 3.63) is 241 Å². The van der Waals surface area contributed by atoms with Gasteiger partial charge in [0.2, 0.25) is 0 Å². The molecule has 20 heteroatoms. The number of ether oxygens (including phenoxy) is 9. The molecule has 648 valence electrons. The van der Waals surface area contributed by atoms with Gasteiger partial charge in [-0.1, -0.05) is 255 Å². The van der Waals surface area contributed by atoms with Crippen molar-refractivity contribution < 1.29 is 86.4 Å². The molecule has 0 fully saturated rings. The van der Waals surface area contributed by atoms with Crippen molar-refractivity contribution >= 4 is 48.1 Å². The molecular formula is C95H150N2O18. The van der Waals surface area contributed by atoms with E-state index in [9.17, 15) is 43.8 Å². The molecule has 0 aliphatic heterocycles. The van der Waals surface area contributed by atoms with Gasteiger partial charge in [0.15, 0.2) is 0 Å². The highest BCUT2D eigenvalue weighted by atomic mass is 16.6. The van der Waals surface area contributed by atoms with E-state index in [1.807, 2.05) is 109 Å². The summed E-state index contributed by atoms with van der Waals surface area (Å²) in [7, 11) is 0. The van der Waals surface area contributed by atoms with Gasteiger partial charge in [-0.15, -0.1) is 0 Å². The summed E-state index contributed by atoms with van der Waals surface area (Å²) in [5, 5.41) is 24.3. The summed E-state index contributed by atoms with van der Waals surface area (Å²) in [6.45, 7) is 42.3. The topological polar surface area (TPSA) is 267 Å². The summed E-state index contributed by atoms with van der Waals surface area (Å²) in [6, 6.07) is 45.4. The molecule has 0 heterocycles. The van der Waals surface area contributed by atoms with Crippen LogP contribution < -0.4 is 34.3 Å². The smallest absolute Gasteiger partial charge is 0.412 e. The molecule has 0 radical (unpaired) electrons. The van der Waals surface area contributed by atoms with Crippen LogP contribution in [-0.2, 0) is 38.1 Å². The van der Waals surface area contributed by atoms with Gasteiger partial charge in [-0.05, 0) is 182 Å². The molecule has 0 aromatic heterocycles. The molecule has 0 aliphatic carbocycles. The van der Waals surface area contributed by atoms with E-state index in [4.69, 9.17) is 42.6 Å². The zero-order valence-corrected chi connectivity index (χ0v) is 63.3. The lowest BCUT2D eigenvalue weighted by Gasteiger charge is -2.14. The molecule has 0 aliphatic rings. The van der Waals surface area contributed by atoms with E-state index >= 15 is 0 Å². The number of hydrogen-bond donors (Lipinski definition) is 4. The Morgan fingerprint density at radius 1 is 0.365 bits per heavy atom. The normalized spacial score (nSPS) is 11.1. The van der Waals surface area contributed by atoms with Crippen molar-refractivity contribution in [3.8, 4) is 28.7 Å². The molecular weight excluding hydrogens is 1460 g/mol. The molecule has 0 saturated carbocycles. The van der Waals surface area contributed by atoms with Crippen LogP contribution in [-0.4, -0.2) is 117 Å². The quantitative estimate of drug-likeness (QED) is 0.00947. The maximum absolute atomic E-state index is 12.0. The second-order valence-corrected chi connectivity index (χ2v) is 24.7. The van der Waals surface area contributed by atoms with Gasteiger partial charge >= 0.3 is 42.0 Å². The van der Waals surface area contributed by atoms with E-state index in [1.54, 1.807) is 56.3 Å². The molecule has 0 spiro atoms. The van der Waals surface area contributed by atoms with Gasteiger partial charge in [-0.3, -0.25) is 0 Å². The van der Waals surface area contributed by atoms with Crippen LogP contribution in [0.15, 0.2) is 202 Å². The summed E-state index contributed by atoms with van der Waals surface area (Å²) >= 11 is 0. The zero-order chi connectivity index (χ0) is 78.2. The first kappa shape index (κ1) is 123. The van der Waals surface area contributed by atoms with Gasteiger partial charge in [0.05, 0.1) is 18.7 Å². The molecule has 6 aromatic rings. The van der Waals surface area contributed by atoms with Crippen LogP contribution in [0.25, 0.3) is 6.08 Å². The average Bonchev–Trinajstić information content (AvgIpc) is 0.867. The molecule has 7 atom stereocenters. The summed E-state index contributed by atoms with van der Waals surface area (Å²) in [5.74, 6) is 3.00. The zero-order valence-electron chi connectivity index (χ0n) is 63.3. The minimum absolute atomic E-state index is 0. The van der Waals surface area contributed by atoms with Crippen molar-refractivity contribution in [2.75, 3.05) is 52.7 Å². The Kier molecular flexibility index (Phi) is 74.8. The Bertz CT molecular complexity index is 3610. The van der Waals surface area contributed by atoms with Gasteiger partial charge in [0.25, 0.3) is 0 Å².